The summed E-state index contributed by atoms with van der Waals surface area (Å²) in [6.45, 7) is 0. The third-order valence-corrected chi connectivity index (χ3v) is 4.90. The van der Waals surface area contributed by atoms with Crippen LogP contribution in [0.3, 0.4) is 0 Å². The van der Waals surface area contributed by atoms with Crippen molar-refractivity contribution in [1.82, 2.24) is 0 Å². The minimum atomic E-state index is -0.683. The number of rotatable bonds is 0. The van der Waals surface area contributed by atoms with E-state index >= 15 is 0 Å². The molecule has 0 saturated heterocycles. The Labute approximate surface area is 135 Å². The molecule has 0 heterocycles. The molecule has 0 aliphatic heterocycles. The standard InChI is InChI=1S/C20H12N2O2/c21-13-8-7-11-10-5-1-3-9-4-2-6-12(14(9)10)16-15(11)17(13)18(22)20(24)19(16)23/h1-8H,21-22H2. The lowest BCUT2D eigenvalue weighted by molar-refractivity contribution is 1.56. The van der Waals surface area contributed by atoms with Gasteiger partial charge in [-0.3, -0.25) is 9.59 Å². The van der Waals surface area contributed by atoms with Crippen LogP contribution in [0, 0.1) is 0 Å². The summed E-state index contributed by atoms with van der Waals surface area (Å²) in [5, 5.41) is 6.29. The van der Waals surface area contributed by atoms with Crippen molar-refractivity contribution >= 4 is 54.5 Å². The summed E-state index contributed by atoms with van der Waals surface area (Å²) in [6, 6.07) is 15.4. The zero-order valence-corrected chi connectivity index (χ0v) is 12.6. The summed E-state index contributed by atoms with van der Waals surface area (Å²) in [5.41, 5.74) is 11.2. The second-order valence-electron chi connectivity index (χ2n) is 6.11. The van der Waals surface area contributed by atoms with Crippen LogP contribution in [-0.2, 0) is 0 Å². The third kappa shape index (κ3) is 1.34. The molecule has 0 atom stereocenters. The molecule has 0 unspecified atom stereocenters. The van der Waals surface area contributed by atoms with Gasteiger partial charge in [0.25, 0.3) is 0 Å². The van der Waals surface area contributed by atoms with Crippen LogP contribution in [0.25, 0.3) is 43.1 Å². The van der Waals surface area contributed by atoms with E-state index in [1.54, 1.807) is 6.07 Å². The van der Waals surface area contributed by atoms with Gasteiger partial charge in [-0.25, -0.2) is 0 Å². The van der Waals surface area contributed by atoms with Gasteiger partial charge in [-0.05, 0) is 33.0 Å². The van der Waals surface area contributed by atoms with Crippen LogP contribution in [0.5, 0.6) is 0 Å². The maximum absolute atomic E-state index is 12.7. The van der Waals surface area contributed by atoms with Crippen molar-refractivity contribution in [3.05, 3.63) is 69.0 Å². The molecule has 0 aromatic heterocycles. The fourth-order valence-corrected chi connectivity index (χ4v) is 3.89. The summed E-state index contributed by atoms with van der Waals surface area (Å²) < 4.78 is 0. The Morgan fingerprint density at radius 3 is 2.00 bits per heavy atom. The Morgan fingerprint density at radius 2 is 1.25 bits per heavy atom. The summed E-state index contributed by atoms with van der Waals surface area (Å²) in [6.07, 6.45) is 0. The van der Waals surface area contributed by atoms with E-state index in [2.05, 4.69) is 0 Å². The Bertz CT molecular complexity index is 1400. The summed E-state index contributed by atoms with van der Waals surface area (Å²) >= 11 is 0. The summed E-state index contributed by atoms with van der Waals surface area (Å²) in [5.74, 6) is 0. The second kappa shape index (κ2) is 4.11. The SMILES string of the molecule is Nc1ccc2c3cccc4cccc(c5c(=O)c(=O)c(N)c1c25)c43. The first-order chi connectivity index (χ1) is 11.6. The highest BCUT2D eigenvalue weighted by atomic mass is 16.2. The van der Waals surface area contributed by atoms with Crippen molar-refractivity contribution < 1.29 is 0 Å². The molecule has 24 heavy (non-hydrogen) atoms. The third-order valence-electron chi connectivity index (χ3n) is 4.90. The molecule has 4 nitrogen and oxygen atoms in total. The lowest BCUT2D eigenvalue weighted by atomic mass is 9.88. The van der Waals surface area contributed by atoms with Crippen LogP contribution in [0.2, 0.25) is 0 Å². The highest BCUT2D eigenvalue weighted by Crippen LogP contribution is 2.40. The first-order valence-electron chi connectivity index (χ1n) is 7.63. The van der Waals surface area contributed by atoms with Crippen LogP contribution < -0.4 is 22.3 Å². The van der Waals surface area contributed by atoms with Gasteiger partial charge >= 0.3 is 0 Å². The van der Waals surface area contributed by atoms with Gasteiger partial charge in [0.1, 0.15) is 0 Å². The van der Waals surface area contributed by atoms with Gasteiger partial charge in [-0.1, -0.05) is 42.5 Å². The molecule has 5 rings (SSSR count). The first-order valence-corrected chi connectivity index (χ1v) is 7.63. The first kappa shape index (κ1) is 13.1. The van der Waals surface area contributed by atoms with Gasteiger partial charge in [0.2, 0.25) is 10.9 Å². The molecule has 0 bridgehead atoms. The smallest absolute Gasteiger partial charge is 0.249 e. The minimum Gasteiger partial charge on any atom is -0.398 e. The average molecular weight is 312 g/mol. The van der Waals surface area contributed by atoms with Gasteiger partial charge in [0.15, 0.2) is 0 Å². The number of anilines is 2. The van der Waals surface area contributed by atoms with Crippen molar-refractivity contribution in [2.24, 2.45) is 0 Å². The fraction of sp³-hybridized carbons (Fsp3) is 0. The minimum absolute atomic E-state index is 0.0651. The van der Waals surface area contributed by atoms with E-state index in [0.29, 0.717) is 21.8 Å². The quantitative estimate of drug-likeness (QED) is 0.199. The summed E-state index contributed by atoms with van der Waals surface area (Å²) in [7, 11) is 0. The highest BCUT2D eigenvalue weighted by Gasteiger charge is 2.20. The Morgan fingerprint density at radius 1 is 0.583 bits per heavy atom. The molecule has 0 radical (unpaired) electrons. The molecule has 0 amide bonds. The number of nitrogen functional groups attached to an aromatic ring is 2. The summed E-state index contributed by atoms with van der Waals surface area (Å²) in [4.78, 5) is 25.1. The van der Waals surface area contributed by atoms with E-state index in [1.165, 1.54) is 0 Å². The van der Waals surface area contributed by atoms with E-state index in [-0.39, 0.29) is 5.69 Å². The Balaban J connectivity index is 2.37. The number of fused-ring (bicyclic) bond motifs is 2. The molecule has 5 aromatic carbocycles. The molecular weight excluding hydrogens is 300 g/mol. The lowest BCUT2D eigenvalue weighted by Gasteiger charge is -2.15. The van der Waals surface area contributed by atoms with Crippen molar-refractivity contribution in [2.75, 3.05) is 11.5 Å². The normalized spacial score (nSPS) is 12.0. The Kier molecular flexibility index (Phi) is 2.24. The van der Waals surface area contributed by atoms with Crippen molar-refractivity contribution in [1.29, 1.82) is 0 Å². The number of nitrogens with two attached hydrogens (primary N) is 2. The topological polar surface area (TPSA) is 86.2 Å². The van der Waals surface area contributed by atoms with E-state index in [1.807, 2.05) is 42.5 Å². The monoisotopic (exact) mass is 312 g/mol. The molecule has 0 aliphatic carbocycles. The largest absolute Gasteiger partial charge is 0.398 e. The van der Waals surface area contributed by atoms with E-state index in [9.17, 15) is 9.59 Å². The van der Waals surface area contributed by atoms with Crippen LogP contribution >= 0.6 is 0 Å². The predicted molar refractivity (Wildman–Crippen MR) is 100 cm³/mol. The van der Waals surface area contributed by atoms with Crippen LogP contribution in [-0.4, -0.2) is 0 Å². The molecule has 5 aromatic rings. The van der Waals surface area contributed by atoms with Gasteiger partial charge < -0.3 is 11.5 Å². The maximum atomic E-state index is 12.7. The number of benzene rings is 5. The van der Waals surface area contributed by atoms with Gasteiger partial charge in [-0.2, -0.15) is 0 Å². The van der Waals surface area contributed by atoms with Crippen molar-refractivity contribution in [2.45, 2.75) is 0 Å². The molecule has 0 saturated carbocycles. The molecule has 0 spiro atoms. The van der Waals surface area contributed by atoms with Crippen LogP contribution in [0.1, 0.15) is 0 Å². The molecular formula is C20H12N2O2. The van der Waals surface area contributed by atoms with Gasteiger partial charge in [0.05, 0.1) is 5.69 Å². The van der Waals surface area contributed by atoms with Crippen LogP contribution in [0.15, 0.2) is 58.1 Å². The molecule has 0 aliphatic rings. The van der Waals surface area contributed by atoms with E-state index in [0.717, 1.165) is 26.9 Å². The number of hydrogen-bond donors (Lipinski definition) is 2. The van der Waals surface area contributed by atoms with Crippen molar-refractivity contribution in [3.63, 3.8) is 0 Å². The average Bonchev–Trinajstić information content (AvgIpc) is 2.59. The van der Waals surface area contributed by atoms with E-state index in [4.69, 9.17) is 11.5 Å². The zero-order chi connectivity index (χ0) is 16.6. The second-order valence-corrected chi connectivity index (χ2v) is 6.11. The molecule has 114 valence electrons. The van der Waals surface area contributed by atoms with Gasteiger partial charge in [-0.15, -0.1) is 0 Å². The maximum Gasteiger partial charge on any atom is 0.249 e. The van der Waals surface area contributed by atoms with E-state index < -0.39 is 10.9 Å². The highest BCUT2D eigenvalue weighted by molar-refractivity contribution is 6.35. The predicted octanol–water partition coefficient (Wildman–Crippen LogP) is 3.06. The Hall–Kier alpha value is -3.40. The fourth-order valence-electron chi connectivity index (χ4n) is 3.89. The molecule has 4 N–H and O–H groups in total. The van der Waals surface area contributed by atoms with Crippen molar-refractivity contribution in [3.8, 4) is 0 Å². The van der Waals surface area contributed by atoms with Gasteiger partial charge in [0, 0.05) is 21.8 Å². The molecule has 4 heteroatoms. The molecule has 0 fully saturated rings. The lowest BCUT2D eigenvalue weighted by Crippen LogP contribution is -2.27. The van der Waals surface area contributed by atoms with Crippen LogP contribution in [0.4, 0.5) is 11.4 Å². The zero-order valence-electron chi connectivity index (χ0n) is 12.6. The number of hydrogen-bond acceptors (Lipinski definition) is 4.